The van der Waals surface area contributed by atoms with Gasteiger partial charge < -0.3 is 11.5 Å². The van der Waals surface area contributed by atoms with Gasteiger partial charge in [0.2, 0.25) is 5.91 Å². The van der Waals surface area contributed by atoms with E-state index in [0.717, 1.165) is 0 Å². The number of carbonyl (C=O) groups is 1. The van der Waals surface area contributed by atoms with Gasteiger partial charge in [-0.05, 0) is 5.41 Å². The molecule has 10 heavy (non-hydrogen) atoms. The molecule has 0 aliphatic heterocycles. The summed E-state index contributed by atoms with van der Waals surface area (Å²) < 4.78 is 0. The minimum Gasteiger partial charge on any atom is -0.368 e. The monoisotopic (exact) mass is 166 g/mol. The summed E-state index contributed by atoms with van der Waals surface area (Å²) in [6, 6.07) is -0.544. The SMILES string of the molecule is CC(C)(C)[C@@H](N)C(N)=O.Cl. The molecule has 4 N–H and O–H groups in total. The largest absolute Gasteiger partial charge is 0.368 e. The van der Waals surface area contributed by atoms with Crippen LogP contribution in [0.15, 0.2) is 0 Å². The number of nitrogens with two attached hydrogens (primary N) is 2. The van der Waals surface area contributed by atoms with Crippen LogP contribution in [0.5, 0.6) is 0 Å². The van der Waals surface area contributed by atoms with Gasteiger partial charge in [0, 0.05) is 0 Å². The van der Waals surface area contributed by atoms with Crippen molar-refractivity contribution in [3.63, 3.8) is 0 Å². The van der Waals surface area contributed by atoms with Crippen LogP contribution in [0.4, 0.5) is 0 Å². The Labute approximate surface area is 67.6 Å². The molecule has 0 aliphatic carbocycles. The zero-order valence-corrected chi connectivity index (χ0v) is 7.37. The molecule has 0 heterocycles. The maximum atomic E-state index is 10.4. The Balaban J connectivity index is 0. The smallest absolute Gasteiger partial charge is 0.234 e. The van der Waals surface area contributed by atoms with Crippen molar-refractivity contribution in [3.8, 4) is 0 Å². The standard InChI is InChI=1S/C6H14N2O.ClH/c1-6(2,3)4(7)5(8)9;/h4H,7H2,1-3H3,(H2,8,9);1H/t4-;/m0./s1. The minimum atomic E-state index is -0.544. The summed E-state index contributed by atoms with van der Waals surface area (Å²) in [6.45, 7) is 5.63. The number of carbonyl (C=O) groups excluding carboxylic acids is 1. The van der Waals surface area contributed by atoms with Crippen LogP contribution in [0.25, 0.3) is 0 Å². The number of hydrogen-bond acceptors (Lipinski definition) is 2. The number of rotatable bonds is 1. The predicted octanol–water partition coefficient (Wildman–Crippen LogP) is 0.267. The van der Waals surface area contributed by atoms with E-state index >= 15 is 0 Å². The van der Waals surface area contributed by atoms with E-state index in [2.05, 4.69) is 0 Å². The molecule has 0 rings (SSSR count). The van der Waals surface area contributed by atoms with Crippen molar-refractivity contribution in [2.24, 2.45) is 16.9 Å². The van der Waals surface area contributed by atoms with E-state index in [4.69, 9.17) is 11.5 Å². The molecule has 0 fully saturated rings. The zero-order valence-electron chi connectivity index (χ0n) is 6.55. The third-order valence-corrected chi connectivity index (χ3v) is 1.24. The van der Waals surface area contributed by atoms with Crippen molar-refractivity contribution in [3.05, 3.63) is 0 Å². The second-order valence-corrected chi connectivity index (χ2v) is 3.25. The molecule has 0 aromatic carbocycles. The molecule has 0 saturated carbocycles. The van der Waals surface area contributed by atoms with E-state index in [9.17, 15) is 4.79 Å². The molecule has 0 spiro atoms. The van der Waals surface area contributed by atoms with Gasteiger partial charge in [0.15, 0.2) is 0 Å². The van der Waals surface area contributed by atoms with Crippen LogP contribution in [-0.2, 0) is 4.79 Å². The lowest BCUT2D eigenvalue weighted by Crippen LogP contribution is -2.46. The van der Waals surface area contributed by atoms with Crippen molar-refractivity contribution in [1.29, 1.82) is 0 Å². The van der Waals surface area contributed by atoms with Crippen molar-refractivity contribution in [2.75, 3.05) is 0 Å². The van der Waals surface area contributed by atoms with Gasteiger partial charge in [0.25, 0.3) is 0 Å². The Hall–Kier alpha value is -0.280. The molecule has 4 heteroatoms. The van der Waals surface area contributed by atoms with E-state index < -0.39 is 11.9 Å². The number of primary amides is 1. The van der Waals surface area contributed by atoms with Crippen LogP contribution in [0, 0.1) is 5.41 Å². The normalized spacial score (nSPS) is 13.6. The first kappa shape index (κ1) is 12.4. The molecule has 0 aromatic rings. The van der Waals surface area contributed by atoms with Crippen LogP contribution < -0.4 is 11.5 Å². The quantitative estimate of drug-likeness (QED) is 0.587. The van der Waals surface area contributed by atoms with Gasteiger partial charge >= 0.3 is 0 Å². The van der Waals surface area contributed by atoms with E-state index in [1.807, 2.05) is 20.8 Å². The van der Waals surface area contributed by atoms with Crippen LogP contribution in [0.2, 0.25) is 0 Å². The fraction of sp³-hybridized carbons (Fsp3) is 0.833. The van der Waals surface area contributed by atoms with Gasteiger partial charge in [-0.25, -0.2) is 0 Å². The lowest BCUT2D eigenvalue weighted by atomic mass is 9.87. The van der Waals surface area contributed by atoms with Crippen molar-refractivity contribution in [2.45, 2.75) is 26.8 Å². The maximum Gasteiger partial charge on any atom is 0.234 e. The molecule has 0 unspecified atom stereocenters. The first-order valence-electron chi connectivity index (χ1n) is 2.90. The first-order valence-corrected chi connectivity index (χ1v) is 2.90. The molecular formula is C6H15ClN2O. The summed E-state index contributed by atoms with van der Waals surface area (Å²) in [5, 5.41) is 0. The number of hydrogen-bond donors (Lipinski definition) is 2. The molecule has 0 bridgehead atoms. The third-order valence-electron chi connectivity index (χ3n) is 1.24. The molecule has 62 valence electrons. The molecule has 3 nitrogen and oxygen atoms in total. The molecule has 0 aromatic heterocycles. The van der Waals surface area contributed by atoms with Crippen LogP contribution >= 0.6 is 12.4 Å². The summed E-state index contributed by atoms with van der Waals surface area (Å²) in [5.74, 6) is -0.442. The lowest BCUT2D eigenvalue weighted by Gasteiger charge is -2.23. The Morgan fingerprint density at radius 2 is 1.70 bits per heavy atom. The number of amides is 1. The maximum absolute atomic E-state index is 10.4. The Bertz CT molecular complexity index is 119. The van der Waals surface area contributed by atoms with Gasteiger partial charge in [-0.3, -0.25) is 4.79 Å². The Morgan fingerprint density at radius 1 is 1.40 bits per heavy atom. The second kappa shape index (κ2) is 3.78. The Morgan fingerprint density at radius 3 is 1.70 bits per heavy atom. The number of halogens is 1. The molecule has 1 atom stereocenters. The zero-order chi connectivity index (χ0) is 7.65. The van der Waals surface area contributed by atoms with Crippen LogP contribution in [-0.4, -0.2) is 11.9 Å². The minimum absolute atomic E-state index is 0. The average Bonchev–Trinajstić information content (AvgIpc) is 1.62. The fourth-order valence-corrected chi connectivity index (χ4v) is 0.427. The van der Waals surface area contributed by atoms with Crippen LogP contribution in [0.1, 0.15) is 20.8 Å². The average molecular weight is 167 g/mol. The molecular weight excluding hydrogens is 152 g/mol. The first-order chi connectivity index (χ1) is 3.85. The summed E-state index contributed by atoms with van der Waals surface area (Å²) in [5.41, 5.74) is 10.2. The Kier molecular flexibility index (Phi) is 4.69. The van der Waals surface area contributed by atoms with Gasteiger partial charge in [0.1, 0.15) is 0 Å². The van der Waals surface area contributed by atoms with E-state index in [1.165, 1.54) is 0 Å². The highest BCUT2D eigenvalue weighted by Gasteiger charge is 2.24. The molecule has 0 radical (unpaired) electrons. The van der Waals surface area contributed by atoms with E-state index in [-0.39, 0.29) is 17.8 Å². The highest BCUT2D eigenvalue weighted by atomic mass is 35.5. The van der Waals surface area contributed by atoms with Crippen molar-refractivity contribution >= 4 is 18.3 Å². The molecule has 1 amide bonds. The predicted molar refractivity (Wildman–Crippen MR) is 43.9 cm³/mol. The topological polar surface area (TPSA) is 69.1 Å². The van der Waals surface area contributed by atoms with Gasteiger partial charge in [0.05, 0.1) is 6.04 Å². The van der Waals surface area contributed by atoms with E-state index in [0.29, 0.717) is 0 Å². The lowest BCUT2D eigenvalue weighted by molar-refractivity contribution is -0.121. The van der Waals surface area contributed by atoms with Gasteiger partial charge in [-0.1, -0.05) is 20.8 Å². The molecule has 0 aliphatic rings. The van der Waals surface area contributed by atoms with Crippen LogP contribution in [0.3, 0.4) is 0 Å². The van der Waals surface area contributed by atoms with Gasteiger partial charge in [-0.15, -0.1) is 12.4 Å². The highest BCUT2D eigenvalue weighted by molar-refractivity contribution is 5.85. The summed E-state index contributed by atoms with van der Waals surface area (Å²) in [7, 11) is 0. The van der Waals surface area contributed by atoms with Crippen molar-refractivity contribution in [1.82, 2.24) is 0 Å². The summed E-state index contributed by atoms with van der Waals surface area (Å²) in [6.07, 6.45) is 0. The van der Waals surface area contributed by atoms with E-state index in [1.54, 1.807) is 0 Å². The molecule has 0 saturated heterocycles. The van der Waals surface area contributed by atoms with Crippen molar-refractivity contribution < 1.29 is 4.79 Å². The third kappa shape index (κ3) is 3.69. The second-order valence-electron chi connectivity index (χ2n) is 3.25. The fourth-order valence-electron chi connectivity index (χ4n) is 0.427. The summed E-state index contributed by atoms with van der Waals surface area (Å²) >= 11 is 0. The highest BCUT2D eigenvalue weighted by Crippen LogP contribution is 2.16. The van der Waals surface area contributed by atoms with Gasteiger partial charge in [-0.2, -0.15) is 0 Å². The summed E-state index contributed by atoms with van der Waals surface area (Å²) in [4.78, 5) is 10.4.